The number of anilines is 1. The summed E-state index contributed by atoms with van der Waals surface area (Å²) in [7, 11) is 0. The summed E-state index contributed by atoms with van der Waals surface area (Å²) >= 11 is 0. The van der Waals surface area contributed by atoms with Crippen molar-refractivity contribution in [3.05, 3.63) is 5.89 Å². The number of aromatic nitrogens is 2. The number of carbonyl (C=O) groups excluding carboxylic acids is 1. The van der Waals surface area contributed by atoms with E-state index in [4.69, 9.17) is 10.2 Å². The number of rotatable bonds is 7. The van der Waals surface area contributed by atoms with Gasteiger partial charge < -0.3 is 20.8 Å². The number of nitrogens with one attached hydrogen (secondary N) is 2. The third-order valence-electron chi connectivity index (χ3n) is 1.98. The molecule has 1 heterocycles. The summed E-state index contributed by atoms with van der Waals surface area (Å²) in [5.41, 5.74) is 5.32. The van der Waals surface area contributed by atoms with Gasteiger partial charge >= 0.3 is 6.01 Å². The van der Waals surface area contributed by atoms with Crippen LogP contribution < -0.4 is 16.4 Å². The third-order valence-corrected chi connectivity index (χ3v) is 1.98. The van der Waals surface area contributed by atoms with E-state index in [9.17, 15) is 4.79 Å². The molecule has 0 spiro atoms. The van der Waals surface area contributed by atoms with E-state index in [-0.39, 0.29) is 12.5 Å². The molecule has 1 aromatic rings. The Morgan fingerprint density at radius 3 is 2.82 bits per heavy atom. The first-order valence-electron chi connectivity index (χ1n) is 5.64. The second kappa shape index (κ2) is 6.85. The fraction of sp³-hybridized carbons (Fsp3) is 0.700. The third kappa shape index (κ3) is 5.30. The minimum absolute atomic E-state index is 0.00441. The van der Waals surface area contributed by atoms with Crippen molar-refractivity contribution < 1.29 is 9.21 Å². The maximum absolute atomic E-state index is 11.4. The Morgan fingerprint density at radius 1 is 1.47 bits per heavy atom. The molecule has 96 valence electrons. The zero-order chi connectivity index (χ0) is 12.7. The zero-order valence-electron chi connectivity index (χ0n) is 10.2. The predicted molar refractivity (Wildman–Crippen MR) is 63.1 cm³/mol. The van der Waals surface area contributed by atoms with E-state index in [0.29, 0.717) is 37.3 Å². The minimum atomic E-state index is 0.00441. The molecule has 0 aliphatic rings. The van der Waals surface area contributed by atoms with Crippen molar-refractivity contribution in [3.63, 3.8) is 0 Å². The van der Waals surface area contributed by atoms with E-state index >= 15 is 0 Å². The van der Waals surface area contributed by atoms with Crippen molar-refractivity contribution in [3.8, 4) is 0 Å². The number of hydrogen-bond acceptors (Lipinski definition) is 6. The lowest BCUT2D eigenvalue weighted by atomic mass is 10.2. The Bertz CT molecular complexity index is 350. The number of amides is 1. The Morgan fingerprint density at radius 2 is 2.24 bits per heavy atom. The van der Waals surface area contributed by atoms with Gasteiger partial charge in [-0.05, 0) is 5.92 Å². The summed E-state index contributed by atoms with van der Waals surface area (Å²) in [4.78, 5) is 11.4. The first-order chi connectivity index (χ1) is 8.11. The van der Waals surface area contributed by atoms with Gasteiger partial charge in [0.1, 0.15) is 0 Å². The van der Waals surface area contributed by atoms with Crippen LogP contribution in [0.2, 0.25) is 0 Å². The smallest absolute Gasteiger partial charge is 0.315 e. The maximum Gasteiger partial charge on any atom is 0.315 e. The van der Waals surface area contributed by atoms with Crippen molar-refractivity contribution in [2.24, 2.45) is 11.7 Å². The van der Waals surface area contributed by atoms with Gasteiger partial charge in [-0.3, -0.25) is 4.79 Å². The molecule has 0 saturated carbocycles. The molecule has 0 aliphatic carbocycles. The van der Waals surface area contributed by atoms with Crippen molar-refractivity contribution in [1.29, 1.82) is 0 Å². The lowest BCUT2D eigenvalue weighted by Crippen LogP contribution is -2.28. The van der Waals surface area contributed by atoms with Gasteiger partial charge in [0.05, 0.1) is 6.54 Å². The van der Waals surface area contributed by atoms with Gasteiger partial charge in [0.15, 0.2) is 0 Å². The summed E-state index contributed by atoms with van der Waals surface area (Å²) in [6.45, 7) is 5.45. The van der Waals surface area contributed by atoms with Crippen molar-refractivity contribution >= 4 is 11.9 Å². The Hall–Kier alpha value is -1.63. The van der Waals surface area contributed by atoms with E-state index in [1.165, 1.54) is 0 Å². The average Bonchev–Trinajstić information content (AvgIpc) is 2.74. The molecule has 0 aromatic carbocycles. The molecular formula is C10H19N5O2. The van der Waals surface area contributed by atoms with Crippen LogP contribution in [0.25, 0.3) is 0 Å². The van der Waals surface area contributed by atoms with Gasteiger partial charge in [-0.1, -0.05) is 18.9 Å². The number of nitrogens with zero attached hydrogens (tertiary/aromatic N) is 2. The number of carbonyl (C=O) groups is 1. The molecule has 1 amide bonds. The second-order valence-corrected chi connectivity index (χ2v) is 4.08. The highest BCUT2D eigenvalue weighted by Crippen LogP contribution is 2.03. The van der Waals surface area contributed by atoms with E-state index in [1.807, 2.05) is 13.8 Å². The molecule has 0 unspecified atom stereocenters. The summed E-state index contributed by atoms with van der Waals surface area (Å²) in [6, 6.07) is 0.294. The zero-order valence-corrected chi connectivity index (χ0v) is 10.2. The molecule has 0 saturated heterocycles. The number of hydrogen-bond donors (Lipinski definition) is 3. The van der Waals surface area contributed by atoms with E-state index in [0.717, 1.165) is 0 Å². The summed E-state index contributed by atoms with van der Waals surface area (Å²) < 4.78 is 5.12. The van der Waals surface area contributed by atoms with Gasteiger partial charge in [-0.15, -0.1) is 5.10 Å². The Labute approximate surface area is 100 Å². The lowest BCUT2D eigenvalue weighted by Gasteiger charge is -2.07. The quantitative estimate of drug-likeness (QED) is 0.625. The molecule has 7 nitrogen and oxygen atoms in total. The van der Waals surface area contributed by atoms with Crippen LogP contribution in [0.4, 0.5) is 6.01 Å². The topological polar surface area (TPSA) is 106 Å². The maximum atomic E-state index is 11.4. The molecular weight excluding hydrogens is 222 g/mol. The van der Waals surface area contributed by atoms with Crippen molar-refractivity contribution in [2.75, 3.05) is 18.4 Å². The Balaban J connectivity index is 2.16. The predicted octanol–water partition coefficient (Wildman–Crippen LogP) is 0.103. The van der Waals surface area contributed by atoms with Gasteiger partial charge in [-0.2, -0.15) is 0 Å². The van der Waals surface area contributed by atoms with Crippen LogP contribution in [0.15, 0.2) is 4.42 Å². The van der Waals surface area contributed by atoms with E-state index in [1.54, 1.807) is 0 Å². The molecule has 0 fully saturated rings. The van der Waals surface area contributed by atoms with Gasteiger partial charge in [0.25, 0.3) is 0 Å². The molecule has 7 heteroatoms. The molecule has 4 N–H and O–H groups in total. The molecule has 0 aliphatic heterocycles. The van der Waals surface area contributed by atoms with Crippen LogP contribution >= 0.6 is 0 Å². The SMILES string of the molecule is CC(C)CNC(=O)CCNc1nnc(CN)o1. The van der Waals surface area contributed by atoms with E-state index in [2.05, 4.69) is 20.8 Å². The lowest BCUT2D eigenvalue weighted by molar-refractivity contribution is -0.120. The molecule has 17 heavy (non-hydrogen) atoms. The monoisotopic (exact) mass is 241 g/mol. The first-order valence-corrected chi connectivity index (χ1v) is 5.64. The fourth-order valence-corrected chi connectivity index (χ4v) is 1.10. The summed E-state index contributed by atoms with van der Waals surface area (Å²) in [6.07, 6.45) is 0.368. The van der Waals surface area contributed by atoms with E-state index < -0.39 is 0 Å². The van der Waals surface area contributed by atoms with Crippen LogP contribution in [0.1, 0.15) is 26.2 Å². The molecule has 0 bridgehead atoms. The van der Waals surface area contributed by atoms with Crippen LogP contribution in [-0.4, -0.2) is 29.2 Å². The molecule has 0 radical (unpaired) electrons. The van der Waals surface area contributed by atoms with Crippen LogP contribution in [-0.2, 0) is 11.3 Å². The summed E-state index contributed by atoms with van der Waals surface area (Å²) in [5, 5.41) is 13.1. The highest BCUT2D eigenvalue weighted by Gasteiger charge is 2.05. The highest BCUT2D eigenvalue weighted by molar-refractivity contribution is 5.76. The average molecular weight is 241 g/mol. The van der Waals surface area contributed by atoms with Crippen molar-refractivity contribution in [2.45, 2.75) is 26.8 Å². The van der Waals surface area contributed by atoms with Gasteiger partial charge in [0, 0.05) is 19.5 Å². The van der Waals surface area contributed by atoms with Crippen molar-refractivity contribution in [1.82, 2.24) is 15.5 Å². The van der Waals surface area contributed by atoms with Gasteiger partial charge in [0.2, 0.25) is 11.8 Å². The fourth-order valence-electron chi connectivity index (χ4n) is 1.10. The molecule has 1 aromatic heterocycles. The summed E-state index contributed by atoms with van der Waals surface area (Å²) in [5.74, 6) is 0.830. The first kappa shape index (κ1) is 13.4. The normalized spacial score (nSPS) is 10.6. The largest absolute Gasteiger partial charge is 0.407 e. The Kier molecular flexibility index (Phi) is 5.41. The molecule has 0 atom stereocenters. The van der Waals surface area contributed by atoms with Crippen LogP contribution in [0.3, 0.4) is 0 Å². The number of nitrogens with two attached hydrogens (primary N) is 1. The van der Waals surface area contributed by atoms with Crippen LogP contribution in [0.5, 0.6) is 0 Å². The van der Waals surface area contributed by atoms with Gasteiger partial charge in [-0.25, -0.2) is 0 Å². The molecule has 1 rings (SSSR count). The second-order valence-electron chi connectivity index (χ2n) is 4.08. The standard InChI is InChI=1S/C10H19N5O2/c1-7(2)6-13-8(16)3-4-12-10-15-14-9(5-11)17-10/h7H,3-6,11H2,1-2H3,(H,12,15)(H,13,16). The minimum Gasteiger partial charge on any atom is -0.407 e. The highest BCUT2D eigenvalue weighted by atomic mass is 16.4. The van der Waals surface area contributed by atoms with Crippen LogP contribution in [0, 0.1) is 5.92 Å².